The van der Waals surface area contributed by atoms with Gasteiger partial charge in [-0.15, -0.1) is 0 Å². The van der Waals surface area contributed by atoms with Crippen LogP contribution in [-0.2, 0) is 13.0 Å². The van der Waals surface area contributed by atoms with Crippen molar-refractivity contribution < 1.29 is 30.7 Å². The number of halogens is 2. The first-order chi connectivity index (χ1) is 9.70. The van der Waals surface area contributed by atoms with Crippen molar-refractivity contribution in [3.8, 4) is 0 Å². The average molecular weight is 350 g/mol. The van der Waals surface area contributed by atoms with Crippen LogP contribution in [-0.4, -0.2) is 5.78 Å². The molecule has 4 heteroatoms. The molecule has 0 radical (unpaired) electrons. The minimum atomic E-state index is -0.317. The Kier molecular flexibility index (Phi) is 5.23. The van der Waals surface area contributed by atoms with Gasteiger partial charge in [0, 0.05) is 30.0 Å². The lowest BCUT2D eigenvalue weighted by molar-refractivity contribution is -0.700. The predicted octanol–water partition coefficient (Wildman–Crippen LogP) is -0.0474. The monoisotopic (exact) mass is 349 g/mol. The molecule has 1 aromatic heterocycles. The molecule has 0 saturated heterocycles. The summed E-state index contributed by atoms with van der Waals surface area (Å²) in [6.45, 7) is 1.08. The lowest BCUT2D eigenvalue weighted by Crippen LogP contribution is -3.00. The largest absolute Gasteiger partial charge is 1.00 e. The number of carbonyl (C=O) groups excluding carboxylic acids is 1. The number of Topliss-reactive ketones (excluding diaryl/α,β-unsaturated/α-hetero) is 1. The molecule has 1 aromatic carbocycles. The Hall–Kier alpha value is -1.55. The van der Waals surface area contributed by atoms with E-state index in [1.165, 1.54) is 37.1 Å². The molecule has 0 amide bonds. The van der Waals surface area contributed by atoms with Crippen molar-refractivity contribution in [1.29, 1.82) is 0 Å². The van der Waals surface area contributed by atoms with Gasteiger partial charge in [0.1, 0.15) is 5.82 Å². The molecule has 0 aliphatic heterocycles. The van der Waals surface area contributed by atoms with Crippen LogP contribution in [0, 0.1) is 11.7 Å². The van der Waals surface area contributed by atoms with Crippen molar-refractivity contribution in [1.82, 2.24) is 0 Å². The second-order valence-electron chi connectivity index (χ2n) is 5.45. The molecule has 0 spiro atoms. The minimum Gasteiger partial charge on any atom is -1.00 e. The topological polar surface area (TPSA) is 20.9 Å². The van der Waals surface area contributed by atoms with E-state index in [-0.39, 0.29) is 28.6 Å². The Bertz CT molecular complexity index is 606. The van der Waals surface area contributed by atoms with Crippen LogP contribution in [0.25, 0.3) is 0 Å². The maximum Gasteiger partial charge on any atom is 0.169 e. The fourth-order valence-corrected chi connectivity index (χ4v) is 2.25. The molecule has 1 heterocycles. The molecule has 21 heavy (non-hydrogen) atoms. The summed E-state index contributed by atoms with van der Waals surface area (Å²) in [7, 11) is 0. The Morgan fingerprint density at radius 2 is 1.71 bits per heavy atom. The molecule has 1 aliphatic rings. The molecule has 0 N–H and O–H groups in total. The summed E-state index contributed by atoms with van der Waals surface area (Å²) in [4.78, 5) is 12.1. The van der Waals surface area contributed by atoms with Crippen LogP contribution in [0.1, 0.15) is 28.8 Å². The van der Waals surface area contributed by atoms with Crippen LogP contribution in [0.5, 0.6) is 0 Å². The van der Waals surface area contributed by atoms with Gasteiger partial charge >= 0.3 is 0 Å². The zero-order valence-electron chi connectivity index (χ0n) is 11.6. The molecule has 1 fully saturated rings. The van der Waals surface area contributed by atoms with Crippen molar-refractivity contribution >= 4 is 5.78 Å². The smallest absolute Gasteiger partial charge is 0.169 e. The highest BCUT2D eigenvalue weighted by Crippen LogP contribution is 2.28. The predicted molar refractivity (Wildman–Crippen MR) is 73.8 cm³/mol. The first-order valence-electron chi connectivity index (χ1n) is 6.97. The third-order valence-electron chi connectivity index (χ3n) is 3.66. The molecule has 1 saturated carbocycles. The highest BCUT2D eigenvalue weighted by molar-refractivity contribution is 5.97. The van der Waals surface area contributed by atoms with Crippen LogP contribution in [0.4, 0.5) is 4.39 Å². The molecule has 3 rings (SSSR count). The summed E-state index contributed by atoms with van der Waals surface area (Å²) in [6, 6.07) is 9.69. The minimum absolute atomic E-state index is 0. The quantitative estimate of drug-likeness (QED) is 0.547. The van der Waals surface area contributed by atoms with E-state index in [2.05, 4.69) is 4.57 Å². The summed E-state index contributed by atoms with van der Waals surface area (Å²) in [5.41, 5.74) is 1.55. The average Bonchev–Trinajstić information content (AvgIpc) is 3.26. The zero-order valence-corrected chi connectivity index (χ0v) is 13.2. The standard InChI is InChI=1S/C17H17FNO.BrH/c18-16-5-3-15(4-6-16)17(20)11-13-7-9-19(10-8-13)12-14-1-2-14;/h3-10,14H,1-2,11-12H2;1H/q+1;/p-1. The lowest BCUT2D eigenvalue weighted by Gasteiger charge is -2.01. The Labute approximate surface area is 134 Å². The molecule has 2 nitrogen and oxygen atoms in total. The molecule has 2 aromatic rings. The summed E-state index contributed by atoms with van der Waals surface area (Å²) in [6.07, 6.45) is 7.09. The van der Waals surface area contributed by atoms with E-state index in [1.54, 1.807) is 0 Å². The van der Waals surface area contributed by atoms with Gasteiger partial charge in [0.25, 0.3) is 0 Å². The van der Waals surface area contributed by atoms with Crippen molar-refractivity contribution in [2.24, 2.45) is 5.92 Å². The molecule has 0 atom stereocenters. The number of rotatable bonds is 5. The fourth-order valence-electron chi connectivity index (χ4n) is 2.25. The molecular weight excluding hydrogens is 333 g/mol. The normalized spacial score (nSPS) is 13.6. The summed E-state index contributed by atoms with van der Waals surface area (Å²) in [5.74, 6) is 0.541. The molecule has 110 valence electrons. The number of benzene rings is 1. The first-order valence-corrected chi connectivity index (χ1v) is 6.97. The number of hydrogen-bond donors (Lipinski definition) is 0. The Morgan fingerprint density at radius 3 is 2.29 bits per heavy atom. The maximum absolute atomic E-state index is 12.8. The van der Waals surface area contributed by atoms with Crippen molar-refractivity contribution in [2.45, 2.75) is 25.8 Å². The van der Waals surface area contributed by atoms with Crippen LogP contribution >= 0.6 is 0 Å². The molecular formula is C17H17BrFNO. The van der Waals surface area contributed by atoms with Gasteiger partial charge < -0.3 is 17.0 Å². The number of nitrogens with zero attached hydrogens (tertiary/aromatic N) is 1. The second-order valence-corrected chi connectivity index (χ2v) is 5.45. The van der Waals surface area contributed by atoms with E-state index in [1.807, 2.05) is 24.5 Å². The molecule has 0 unspecified atom stereocenters. The van der Waals surface area contributed by atoms with Gasteiger partial charge in [0.15, 0.2) is 24.7 Å². The third kappa shape index (κ3) is 4.46. The van der Waals surface area contributed by atoms with Crippen LogP contribution in [0.3, 0.4) is 0 Å². The van der Waals surface area contributed by atoms with Gasteiger partial charge in [0.2, 0.25) is 0 Å². The van der Waals surface area contributed by atoms with E-state index >= 15 is 0 Å². The van der Waals surface area contributed by atoms with Gasteiger partial charge in [-0.1, -0.05) is 0 Å². The second kappa shape index (κ2) is 6.94. The van der Waals surface area contributed by atoms with Crippen LogP contribution < -0.4 is 21.5 Å². The number of ketones is 1. The van der Waals surface area contributed by atoms with E-state index in [9.17, 15) is 9.18 Å². The van der Waals surface area contributed by atoms with Crippen molar-refractivity contribution in [3.63, 3.8) is 0 Å². The molecule has 0 bridgehead atoms. The van der Waals surface area contributed by atoms with Gasteiger partial charge in [-0.3, -0.25) is 4.79 Å². The molecule has 1 aliphatic carbocycles. The van der Waals surface area contributed by atoms with Gasteiger partial charge in [-0.25, -0.2) is 8.96 Å². The van der Waals surface area contributed by atoms with Crippen LogP contribution in [0.15, 0.2) is 48.8 Å². The lowest BCUT2D eigenvalue weighted by atomic mass is 10.0. The number of aromatic nitrogens is 1. The van der Waals surface area contributed by atoms with Gasteiger partial charge in [0.05, 0.1) is 0 Å². The van der Waals surface area contributed by atoms with Gasteiger partial charge in [-0.05, 0) is 42.7 Å². The summed E-state index contributed by atoms with van der Waals surface area (Å²) >= 11 is 0. The first kappa shape index (κ1) is 15.8. The summed E-state index contributed by atoms with van der Waals surface area (Å²) < 4.78 is 15.0. The Morgan fingerprint density at radius 1 is 1.10 bits per heavy atom. The van der Waals surface area contributed by atoms with Crippen molar-refractivity contribution in [2.75, 3.05) is 0 Å². The highest BCUT2D eigenvalue weighted by Gasteiger charge is 2.25. The van der Waals surface area contributed by atoms with E-state index < -0.39 is 0 Å². The van der Waals surface area contributed by atoms with Crippen LogP contribution in [0.2, 0.25) is 0 Å². The third-order valence-corrected chi connectivity index (χ3v) is 3.66. The number of hydrogen-bond acceptors (Lipinski definition) is 1. The van der Waals surface area contributed by atoms with E-state index in [0.717, 1.165) is 18.0 Å². The maximum atomic E-state index is 12.8. The van der Waals surface area contributed by atoms with E-state index in [4.69, 9.17) is 0 Å². The SMILES string of the molecule is O=C(Cc1cc[n+](CC2CC2)cc1)c1ccc(F)cc1.[Br-]. The van der Waals surface area contributed by atoms with Crippen molar-refractivity contribution in [3.05, 3.63) is 65.7 Å². The number of pyridine rings is 1. The van der Waals surface area contributed by atoms with Gasteiger partial charge in [-0.2, -0.15) is 0 Å². The summed E-state index contributed by atoms with van der Waals surface area (Å²) in [5, 5.41) is 0. The number of carbonyl (C=O) groups is 1. The zero-order chi connectivity index (χ0) is 13.9. The highest BCUT2D eigenvalue weighted by atomic mass is 79.9. The fraction of sp³-hybridized carbons (Fsp3) is 0.294. The Balaban J connectivity index is 0.00000161. The van der Waals surface area contributed by atoms with E-state index in [0.29, 0.717) is 12.0 Å².